The molecule has 1 aliphatic rings. The normalized spacial score (nSPS) is 12.8. The number of nitrogens with zero attached hydrogens (tertiary/aromatic N) is 3. The topological polar surface area (TPSA) is 59.3 Å². The third-order valence-electron chi connectivity index (χ3n) is 4.58. The van der Waals surface area contributed by atoms with Crippen molar-refractivity contribution < 1.29 is 4.79 Å². The van der Waals surface area contributed by atoms with Gasteiger partial charge >= 0.3 is 0 Å². The van der Waals surface area contributed by atoms with Crippen molar-refractivity contribution in [1.29, 1.82) is 0 Å². The zero-order valence-corrected chi connectivity index (χ0v) is 13.3. The number of nitrogens with one attached hydrogen (secondary N) is 1. The van der Waals surface area contributed by atoms with Crippen LogP contribution in [0.4, 0.5) is 0 Å². The number of fused-ring (bicyclic) bond motifs is 4. The van der Waals surface area contributed by atoms with Gasteiger partial charge in [-0.2, -0.15) is 0 Å². The second-order valence-corrected chi connectivity index (χ2v) is 6.03. The monoisotopic (exact) mass is 326 g/mol. The van der Waals surface area contributed by atoms with E-state index in [2.05, 4.69) is 39.6 Å². The van der Waals surface area contributed by atoms with Gasteiger partial charge in [0.1, 0.15) is 5.69 Å². The molecule has 120 valence electrons. The minimum absolute atomic E-state index is 0.169. The molecular weight excluding hydrogens is 312 g/mol. The summed E-state index contributed by atoms with van der Waals surface area (Å²) in [5.41, 5.74) is 4.92. The van der Waals surface area contributed by atoms with Crippen molar-refractivity contribution in [2.75, 3.05) is 0 Å². The maximum Gasteiger partial charge on any atom is 0.272 e. The lowest BCUT2D eigenvalue weighted by Crippen LogP contribution is -2.28. The molecule has 0 spiro atoms. The predicted molar refractivity (Wildman–Crippen MR) is 94.2 cm³/mol. The summed E-state index contributed by atoms with van der Waals surface area (Å²) in [7, 11) is 0. The summed E-state index contributed by atoms with van der Waals surface area (Å²) >= 11 is 0. The van der Waals surface area contributed by atoms with Crippen LogP contribution in [-0.2, 0) is 0 Å². The van der Waals surface area contributed by atoms with Crippen molar-refractivity contribution >= 4 is 11.7 Å². The fourth-order valence-corrected chi connectivity index (χ4v) is 3.46. The molecule has 5 nitrogen and oxygen atoms in total. The molecule has 2 aromatic heterocycles. The highest BCUT2D eigenvalue weighted by atomic mass is 16.2. The summed E-state index contributed by atoms with van der Waals surface area (Å²) in [6, 6.07) is 18.0. The molecule has 2 aromatic carbocycles. The summed E-state index contributed by atoms with van der Waals surface area (Å²) in [6.45, 7) is 0. The van der Waals surface area contributed by atoms with Gasteiger partial charge in [-0.1, -0.05) is 48.5 Å². The van der Waals surface area contributed by atoms with E-state index in [4.69, 9.17) is 0 Å². The lowest BCUT2D eigenvalue weighted by Gasteiger charge is -2.15. The number of aromatic nitrogens is 3. The number of imidazole rings is 1. The van der Waals surface area contributed by atoms with Gasteiger partial charge in [0.2, 0.25) is 5.78 Å². The minimum Gasteiger partial charge on any atom is -0.340 e. The van der Waals surface area contributed by atoms with Crippen LogP contribution < -0.4 is 5.32 Å². The van der Waals surface area contributed by atoms with E-state index in [-0.39, 0.29) is 11.9 Å². The van der Waals surface area contributed by atoms with Gasteiger partial charge in [0.15, 0.2) is 0 Å². The number of carbonyl (C=O) groups is 1. The van der Waals surface area contributed by atoms with Crippen molar-refractivity contribution in [3.05, 3.63) is 90.0 Å². The zero-order chi connectivity index (χ0) is 16.8. The molecule has 2 heterocycles. The fourth-order valence-electron chi connectivity index (χ4n) is 3.46. The summed E-state index contributed by atoms with van der Waals surface area (Å²) in [4.78, 5) is 21.2. The average Bonchev–Trinajstić information content (AvgIpc) is 3.22. The van der Waals surface area contributed by atoms with Crippen LogP contribution in [0.15, 0.2) is 73.2 Å². The van der Waals surface area contributed by atoms with Crippen molar-refractivity contribution in [2.24, 2.45) is 0 Å². The molecule has 0 fully saturated rings. The highest BCUT2D eigenvalue weighted by molar-refractivity contribution is 5.94. The molecule has 0 saturated heterocycles. The Labute approximate surface area is 144 Å². The van der Waals surface area contributed by atoms with Crippen molar-refractivity contribution in [2.45, 2.75) is 6.04 Å². The quantitative estimate of drug-likeness (QED) is 0.615. The van der Waals surface area contributed by atoms with Crippen LogP contribution in [0.1, 0.15) is 27.7 Å². The highest BCUT2D eigenvalue weighted by Crippen LogP contribution is 2.43. The molecular formula is C20H14N4O. The van der Waals surface area contributed by atoms with Crippen LogP contribution in [-0.4, -0.2) is 20.3 Å². The molecule has 5 heteroatoms. The number of carbonyl (C=O) groups excluding carboxylic acids is 1. The van der Waals surface area contributed by atoms with Gasteiger partial charge < -0.3 is 5.32 Å². The summed E-state index contributed by atoms with van der Waals surface area (Å²) < 4.78 is 1.74. The van der Waals surface area contributed by atoms with Crippen molar-refractivity contribution in [3.8, 4) is 11.1 Å². The van der Waals surface area contributed by atoms with Crippen LogP contribution in [0.25, 0.3) is 16.9 Å². The third-order valence-corrected chi connectivity index (χ3v) is 4.58. The predicted octanol–water partition coefficient (Wildman–Crippen LogP) is 3.23. The van der Waals surface area contributed by atoms with E-state index in [1.807, 2.05) is 30.5 Å². The third kappa shape index (κ3) is 2.13. The summed E-state index contributed by atoms with van der Waals surface area (Å²) in [6.07, 6.45) is 5.18. The van der Waals surface area contributed by atoms with Gasteiger partial charge in [-0.05, 0) is 28.3 Å². The van der Waals surface area contributed by atoms with E-state index in [9.17, 15) is 4.79 Å². The molecule has 0 atom stereocenters. The van der Waals surface area contributed by atoms with E-state index < -0.39 is 0 Å². The molecule has 0 unspecified atom stereocenters. The molecule has 0 saturated carbocycles. The van der Waals surface area contributed by atoms with E-state index in [0.717, 1.165) is 11.1 Å². The Morgan fingerprint density at radius 3 is 2.32 bits per heavy atom. The smallest absolute Gasteiger partial charge is 0.272 e. The molecule has 1 aliphatic carbocycles. The van der Waals surface area contributed by atoms with Crippen molar-refractivity contribution in [1.82, 2.24) is 19.7 Å². The maximum absolute atomic E-state index is 12.8. The first-order valence-electron chi connectivity index (χ1n) is 8.10. The fraction of sp³-hybridized carbons (Fsp3) is 0.0500. The maximum atomic E-state index is 12.8. The van der Waals surface area contributed by atoms with Gasteiger partial charge in [-0.15, -0.1) is 0 Å². The Morgan fingerprint density at radius 1 is 0.960 bits per heavy atom. The lowest BCUT2D eigenvalue weighted by molar-refractivity contribution is 0.0939. The van der Waals surface area contributed by atoms with Gasteiger partial charge in [0.25, 0.3) is 5.91 Å². The first kappa shape index (κ1) is 13.9. The minimum atomic E-state index is -0.206. The molecule has 1 amide bonds. The Morgan fingerprint density at radius 2 is 1.64 bits per heavy atom. The molecule has 0 radical (unpaired) electrons. The number of hydrogen-bond donors (Lipinski definition) is 1. The first-order valence-corrected chi connectivity index (χ1v) is 8.10. The highest BCUT2D eigenvalue weighted by Gasteiger charge is 2.29. The number of amides is 1. The van der Waals surface area contributed by atoms with Gasteiger partial charge in [-0.25, -0.2) is 9.97 Å². The molecule has 0 bridgehead atoms. The number of hydrogen-bond acceptors (Lipinski definition) is 3. The molecule has 1 N–H and O–H groups in total. The van der Waals surface area contributed by atoms with Gasteiger partial charge in [-0.3, -0.25) is 9.20 Å². The molecule has 5 rings (SSSR count). The summed E-state index contributed by atoms with van der Waals surface area (Å²) in [5.74, 6) is 0.307. The average molecular weight is 326 g/mol. The van der Waals surface area contributed by atoms with Crippen LogP contribution in [0.2, 0.25) is 0 Å². The second kappa shape index (κ2) is 5.27. The first-order chi connectivity index (χ1) is 12.3. The molecule has 0 aliphatic heterocycles. The van der Waals surface area contributed by atoms with Crippen LogP contribution in [0.3, 0.4) is 0 Å². The second-order valence-electron chi connectivity index (χ2n) is 6.03. The number of benzene rings is 2. The van der Waals surface area contributed by atoms with Crippen LogP contribution in [0.5, 0.6) is 0 Å². The lowest BCUT2D eigenvalue weighted by atomic mass is 10.1. The van der Waals surface area contributed by atoms with E-state index in [1.165, 1.54) is 11.1 Å². The van der Waals surface area contributed by atoms with Gasteiger partial charge in [0.05, 0.1) is 6.04 Å². The SMILES string of the molecule is O=C(NC1c2ccccc2-c2ccccc21)c1cn2cccnc2n1. The van der Waals surface area contributed by atoms with Crippen LogP contribution >= 0.6 is 0 Å². The van der Waals surface area contributed by atoms with Crippen LogP contribution in [0, 0.1) is 0 Å². The summed E-state index contributed by atoms with van der Waals surface area (Å²) in [5, 5.41) is 3.13. The Balaban J connectivity index is 1.54. The van der Waals surface area contributed by atoms with E-state index in [1.54, 1.807) is 22.9 Å². The largest absolute Gasteiger partial charge is 0.340 e. The van der Waals surface area contributed by atoms with E-state index in [0.29, 0.717) is 11.5 Å². The zero-order valence-electron chi connectivity index (χ0n) is 13.3. The Bertz CT molecular complexity index is 1040. The molecule has 4 aromatic rings. The Hall–Kier alpha value is -3.47. The van der Waals surface area contributed by atoms with Crippen molar-refractivity contribution in [3.63, 3.8) is 0 Å². The van der Waals surface area contributed by atoms with Gasteiger partial charge in [0, 0.05) is 18.6 Å². The standard InChI is InChI=1S/C20H14N4O/c25-19(17-12-24-11-5-10-21-20(24)22-17)23-18-15-8-3-1-6-13(15)14-7-2-4-9-16(14)18/h1-12,18H,(H,23,25). The van der Waals surface area contributed by atoms with E-state index >= 15 is 0 Å². The molecule has 25 heavy (non-hydrogen) atoms. The number of rotatable bonds is 2. The Kier molecular flexibility index (Phi) is 2.94.